The first-order valence-electron chi connectivity index (χ1n) is 5.13. The Morgan fingerprint density at radius 1 is 1.56 bits per heavy atom. The lowest BCUT2D eigenvalue weighted by Crippen LogP contribution is -2.32. The summed E-state index contributed by atoms with van der Waals surface area (Å²) in [5.41, 5.74) is 8.65. The van der Waals surface area contributed by atoms with Gasteiger partial charge in [-0.1, -0.05) is 12.1 Å². The third-order valence-corrected chi connectivity index (χ3v) is 2.68. The number of aromatic amines is 1. The van der Waals surface area contributed by atoms with Crippen LogP contribution in [0.15, 0.2) is 24.4 Å². The zero-order valence-electron chi connectivity index (χ0n) is 9.03. The molecule has 4 heteroatoms. The van der Waals surface area contributed by atoms with Crippen LogP contribution >= 0.6 is 0 Å². The van der Waals surface area contributed by atoms with E-state index in [2.05, 4.69) is 4.98 Å². The van der Waals surface area contributed by atoms with E-state index in [0.717, 1.165) is 16.5 Å². The lowest BCUT2D eigenvalue weighted by atomic mass is 10.0. The van der Waals surface area contributed by atoms with E-state index in [1.54, 1.807) is 0 Å². The number of fused-ring (bicyclic) bond motifs is 1. The highest BCUT2D eigenvalue weighted by atomic mass is 16.4. The first-order chi connectivity index (χ1) is 7.58. The molecule has 0 saturated heterocycles. The molecule has 1 atom stereocenters. The summed E-state index contributed by atoms with van der Waals surface area (Å²) >= 11 is 0. The van der Waals surface area contributed by atoms with Crippen molar-refractivity contribution in [3.8, 4) is 0 Å². The number of H-pyrrole nitrogens is 1. The van der Waals surface area contributed by atoms with Gasteiger partial charge in [0.25, 0.3) is 0 Å². The number of hydrogen-bond acceptors (Lipinski definition) is 2. The summed E-state index contributed by atoms with van der Waals surface area (Å²) in [6, 6.07) is 5.18. The predicted molar refractivity (Wildman–Crippen MR) is 62.4 cm³/mol. The number of carbonyl (C=O) groups is 1. The minimum Gasteiger partial charge on any atom is -0.480 e. The molecular weight excluding hydrogens is 204 g/mol. The van der Waals surface area contributed by atoms with Crippen LogP contribution in [-0.2, 0) is 11.2 Å². The molecule has 0 aliphatic carbocycles. The van der Waals surface area contributed by atoms with Crippen LogP contribution in [0.3, 0.4) is 0 Å². The van der Waals surface area contributed by atoms with Crippen LogP contribution in [0.4, 0.5) is 0 Å². The molecule has 0 radical (unpaired) electrons. The number of rotatable bonds is 3. The molecule has 16 heavy (non-hydrogen) atoms. The number of aryl methyl sites for hydroxylation is 1. The Morgan fingerprint density at radius 3 is 3.00 bits per heavy atom. The van der Waals surface area contributed by atoms with Gasteiger partial charge in [-0.2, -0.15) is 0 Å². The molecule has 4 N–H and O–H groups in total. The third-order valence-electron chi connectivity index (χ3n) is 2.68. The van der Waals surface area contributed by atoms with Crippen LogP contribution in [0, 0.1) is 6.92 Å². The second-order valence-corrected chi connectivity index (χ2v) is 4.01. The standard InChI is InChI=1S/C12H14N2O2/c1-7-2-3-9-8(5-10(13)12(15)16)6-14-11(9)4-7/h2-4,6,10,14H,5,13H2,1H3,(H,15,16). The van der Waals surface area contributed by atoms with Crippen molar-refractivity contribution in [3.05, 3.63) is 35.5 Å². The van der Waals surface area contributed by atoms with Gasteiger partial charge >= 0.3 is 5.97 Å². The van der Waals surface area contributed by atoms with Gasteiger partial charge in [0.1, 0.15) is 6.04 Å². The maximum atomic E-state index is 10.7. The Balaban J connectivity index is 2.35. The van der Waals surface area contributed by atoms with Gasteiger partial charge in [-0.15, -0.1) is 0 Å². The molecule has 0 aliphatic heterocycles. The monoisotopic (exact) mass is 218 g/mol. The fourth-order valence-corrected chi connectivity index (χ4v) is 1.79. The molecule has 0 aliphatic rings. The van der Waals surface area contributed by atoms with Crippen LogP contribution < -0.4 is 5.73 Å². The minimum absolute atomic E-state index is 0.346. The highest BCUT2D eigenvalue weighted by Gasteiger charge is 2.14. The van der Waals surface area contributed by atoms with Gasteiger partial charge < -0.3 is 15.8 Å². The van der Waals surface area contributed by atoms with E-state index < -0.39 is 12.0 Å². The van der Waals surface area contributed by atoms with Crippen molar-refractivity contribution in [1.82, 2.24) is 4.98 Å². The number of carboxylic acids is 1. The molecule has 0 fully saturated rings. The van der Waals surface area contributed by atoms with Crippen molar-refractivity contribution >= 4 is 16.9 Å². The van der Waals surface area contributed by atoms with Gasteiger partial charge in [0.2, 0.25) is 0 Å². The number of nitrogens with two attached hydrogens (primary N) is 1. The summed E-state index contributed by atoms with van der Waals surface area (Å²) in [7, 11) is 0. The molecular formula is C12H14N2O2. The predicted octanol–water partition coefficient (Wildman–Crippen LogP) is 1.43. The molecule has 0 bridgehead atoms. The molecule has 2 aromatic rings. The highest BCUT2D eigenvalue weighted by molar-refractivity contribution is 5.84. The molecule has 84 valence electrons. The summed E-state index contributed by atoms with van der Waals surface area (Å²) in [5, 5.41) is 9.81. The third kappa shape index (κ3) is 1.92. The van der Waals surface area contributed by atoms with E-state index in [4.69, 9.17) is 10.8 Å². The average Bonchev–Trinajstić information content (AvgIpc) is 2.60. The molecule has 1 aromatic carbocycles. The second kappa shape index (κ2) is 3.98. The zero-order valence-corrected chi connectivity index (χ0v) is 9.03. The molecule has 0 amide bonds. The van der Waals surface area contributed by atoms with Crippen molar-refractivity contribution < 1.29 is 9.90 Å². The molecule has 0 spiro atoms. The lowest BCUT2D eigenvalue weighted by Gasteiger charge is -2.04. The van der Waals surface area contributed by atoms with E-state index in [1.165, 1.54) is 5.56 Å². The SMILES string of the molecule is Cc1ccc2c(CC(N)C(=O)O)c[nH]c2c1. The summed E-state index contributed by atoms with van der Waals surface area (Å²) in [6.45, 7) is 2.02. The van der Waals surface area contributed by atoms with E-state index in [9.17, 15) is 4.79 Å². The normalized spacial score (nSPS) is 12.9. The van der Waals surface area contributed by atoms with E-state index >= 15 is 0 Å². The van der Waals surface area contributed by atoms with Crippen LogP contribution in [0.2, 0.25) is 0 Å². The van der Waals surface area contributed by atoms with Crippen molar-refractivity contribution in [3.63, 3.8) is 0 Å². The second-order valence-electron chi connectivity index (χ2n) is 4.01. The summed E-state index contributed by atoms with van der Waals surface area (Å²) in [4.78, 5) is 13.8. The fourth-order valence-electron chi connectivity index (χ4n) is 1.79. The quantitative estimate of drug-likeness (QED) is 0.729. The molecule has 2 rings (SSSR count). The minimum atomic E-state index is -0.971. The number of aliphatic carboxylic acids is 1. The van der Waals surface area contributed by atoms with Crippen molar-refractivity contribution in [1.29, 1.82) is 0 Å². The van der Waals surface area contributed by atoms with Gasteiger partial charge in [0, 0.05) is 23.5 Å². The van der Waals surface area contributed by atoms with Gasteiger partial charge in [-0.25, -0.2) is 0 Å². The van der Waals surface area contributed by atoms with Crippen LogP contribution in [0.5, 0.6) is 0 Å². The maximum Gasteiger partial charge on any atom is 0.320 e. The van der Waals surface area contributed by atoms with Gasteiger partial charge in [-0.05, 0) is 24.1 Å². The van der Waals surface area contributed by atoms with Crippen molar-refractivity contribution in [2.75, 3.05) is 0 Å². The Bertz CT molecular complexity index is 531. The topological polar surface area (TPSA) is 79.1 Å². The molecule has 0 saturated carbocycles. The number of nitrogens with one attached hydrogen (secondary N) is 1. The summed E-state index contributed by atoms with van der Waals surface area (Å²) < 4.78 is 0. The molecule has 1 unspecified atom stereocenters. The van der Waals surface area contributed by atoms with Crippen LogP contribution in [-0.4, -0.2) is 22.1 Å². The zero-order chi connectivity index (χ0) is 11.7. The Morgan fingerprint density at radius 2 is 2.31 bits per heavy atom. The fraction of sp³-hybridized carbons (Fsp3) is 0.250. The Hall–Kier alpha value is -1.81. The van der Waals surface area contributed by atoms with Crippen LogP contribution in [0.1, 0.15) is 11.1 Å². The van der Waals surface area contributed by atoms with E-state index in [-0.39, 0.29) is 0 Å². The summed E-state index contributed by atoms with van der Waals surface area (Å²) in [5.74, 6) is -0.971. The number of aromatic nitrogens is 1. The highest BCUT2D eigenvalue weighted by Crippen LogP contribution is 2.20. The van der Waals surface area contributed by atoms with Crippen LogP contribution in [0.25, 0.3) is 10.9 Å². The maximum absolute atomic E-state index is 10.7. The Kier molecular flexibility index (Phi) is 2.66. The number of carboxylic acid groups (broad SMARTS) is 1. The van der Waals surface area contributed by atoms with Crippen molar-refractivity contribution in [2.24, 2.45) is 5.73 Å². The van der Waals surface area contributed by atoms with Gasteiger partial charge in [-0.3, -0.25) is 4.79 Å². The number of benzene rings is 1. The molecule has 4 nitrogen and oxygen atoms in total. The molecule has 1 heterocycles. The average molecular weight is 218 g/mol. The largest absolute Gasteiger partial charge is 0.480 e. The lowest BCUT2D eigenvalue weighted by molar-refractivity contribution is -0.138. The van der Waals surface area contributed by atoms with E-state index in [0.29, 0.717) is 6.42 Å². The smallest absolute Gasteiger partial charge is 0.320 e. The van der Waals surface area contributed by atoms with Gasteiger partial charge in [0.05, 0.1) is 0 Å². The summed E-state index contributed by atoms with van der Waals surface area (Å²) in [6.07, 6.45) is 2.17. The van der Waals surface area contributed by atoms with Gasteiger partial charge in [0.15, 0.2) is 0 Å². The first-order valence-corrected chi connectivity index (χ1v) is 5.13. The van der Waals surface area contributed by atoms with Crippen molar-refractivity contribution in [2.45, 2.75) is 19.4 Å². The first kappa shape index (κ1) is 10.7. The van der Waals surface area contributed by atoms with E-state index in [1.807, 2.05) is 31.3 Å². The molecule has 1 aromatic heterocycles. The Labute approximate surface area is 93.1 Å². The number of hydrogen-bond donors (Lipinski definition) is 3.